The van der Waals surface area contributed by atoms with Crippen molar-refractivity contribution >= 4 is 11.9 Å². The summed E-state index contributed by atoms with van der Waals surface area (Å²) in [6.07, 6.45) is -2.24. The fourth-order valence-electron chi connectivity index (χ4n) is 2.80. The average molecular weight is 385 g/mol. The molecule has 6 heteroatoms. The van der Waals surface area contributed by atoms with Crippen LogP contribution in [0.25, 0.3) is 0 Å². The molecule has 2 aromatic rings. The van der Waals surface area contributed by atoms with Crippen molar-refractivity contribution in [3.05, 3.63) is 65.2 Å². The van der Waals surface area contributed by atoms with Gasteiger partial charge in [0.2, 0.25) is 0 Å². The van der Waals surface area contributed by atoms with Crippen molar-refractivity contribution in [2.45, 2.75) is 45.4 Å². The Morgan fingerprint density at radius 1 is 1.07 bits per heavy atom. The second-order valence-corrected chi connectivity index (χ2v) is 7.55. The van der Waals surface area contributed by atoms with Crippen LogP contribution in [0, 0.1) is 6.92 Å². The highest BCUT2D eigenvalue weighted by atomic mass is 16.6. The molecular weight excluding hydrogens is 358 g/mol. The van der Waals surface area contributed by atoms with E-state index < -0.39 is 29.6 Å². The highest BCUT2D eigenvalue weighted by molar-refractivity contribution is 6.02. The van der Waals surface area contributed by atoms with Gasteiger partial charge in [0.05, 0.1) is 18.7 Å². The maximum absolute atomic E-state index is 13.0. The first-order valence-electron chi connectivity index (χ1n) is 9.04. The highest BCUT2D eigenvalue weighted by Gasteiger charge is 2.32. The molecule has 2 N–H and O–H groups in total. The van der Waals surface area contributed by atoms with Crippen LogP contribution < -0.4 is 10.1 Å². The van der Waals surface area contributed by atoms with E-state index in [1.54, 1.807) is 63.2 Å². The third kappa shape index (κ3) is 5.57. The number of benzene rings is 2. The number of nitrogens with one attached hydrogen (secondary N) is 1. The van der Waals surface area contributed by atoms with Crippen molar-refractivity contribution in [3.63, 3.8) is 0 Å². The number of amides is 1. The predicted molar refractivity (Wildman–Crippen MR) is 107 cm³/mol. The zero-order chi connectivity index (χ0) is 20.9. The molecule has 0 aliphatic carbocycles. The van der Waals surface area contributed by atoms with E-state index in [4.69, 9.17) is 9.47 Å². The highest BCUT2D eigenvalue weighted by Crippen LogP contribution is 2.26. The van der Waals surface area contributed by atoms with Crippen LogP contribution in [-0.2, 0) is 4.74 Å². The van der Waals surface area contributed by atoms with E-state index >= 15 is 0 Å². The summed E-state index contributed by atoms with van der Waals surface area (Å²) in [5, 5.41) is 13.5. The Bertz CT molecular complexity index is 841. The summed E-state index contributed by atoms with van der Waals surface area (Å²) in [6.45, 7) is 7.11. The zero-order valence-electron chi connectivity index (χ0n) is 16.9. The number of aliphatic hydroxyl groups is 1. The number of ether oxygens (including phenoxy) is 2. The summed E-state index contributed by atoms with van der Waals surface area (Å²) in [4.78, 5) is 25.3. The van der Waals surface area contributed by atoms with E-state index in [9.17, 15) is 14.7 Å². The van der Waals surface area contributed by atoms with Crippen molar-refractivity contribution < 1.29 is 24.2 Å². The minimum absolute atomic E-state index is 0.237. The molecule has 0 saturated heterocycles. The number of carbonyl (C=O) groups is 2. The Balaban J connectivity index is 2.37. The van der Waals surface area contributed by atoms with Crippen molar-refractivity contribution in [3.8, 4) is 5.75 Å². The summed E-state index contributed by atoms with van der Waals surface area (Å²) >= 11 is 0. The number of methoxy groups -OCH3 is 1. The smallest absolute Gasteiger partial charge is 0.408 e. The van der Waals surface area contributed by atoms with Gasteiger partial charge in [-0.15, -0.1) is 0 Å². The van der Waals surface area contributed by atoms with Crippen LogP contribution in [0.4, 0.5) is 4.79 Å². The van der Waals surface area contributed by atoms with Crippen LogP contribution in [0.5, 0.6) is 5.75 Å². The first kappa shape index (κ1) is 21.4. The minimum Gasteiger partial charge on any atom is -0.496 e. The van der Waals surface area contributed by atoms with Crippen molar-refractivity contribution in [2.24, 2.45) is 0 Å². The number of Topliss-reactive ketones (excluding diaryl/α,β-unsaturated/α-hetero) is 1. The Hall–Kier alpha value is -2.86. The number of rotatable bonds is 6. The number of ketones is 1. The topological polar surface area (TPSA) is 84.9 Å². The molecule has 1 amide bonds. The van der Waals surface area contributed by atoms with Gasteiger partial charge < -0.3 is 19.9 Å². The second-order valence-electron chi connectivity index (χ2n) is 7.55. The summed E-state index contributed by atoms with van der Waals surface area (Å²) < 4.78 is 10.5. The standard InChI is InChI=1S/C22H27NO5/c1-14-9-8-10-15(13-14)18(23-21(26)28-22(2,3)4)20(25)19(24)16-11-6-7-12-17(16)27-5/h6-13,18,20,25H,1-5H3,(H,23,26)/t18-,20+/m0/s1. The average Bonchev–Trinajstić information content (AvgIpc) is 2.63. The van der Waals surface area contributed by atoms with Crippen LogP contribution in [0.1, 0.15) is 48.3 Å². The quantitative estimate of drug-likeness (QED) is 0.739. The monoisotopic (exact) mass is 385 g/mol. The largest absolute Gasteiger partial charge is 0.496 e. The van der Waals surface area contributed by atoms with Crippen LogP contribution in [0.2, 0.25) is 0 Å². The molecule has 0 spiro atoms. The number of para-hydroxylation sites is 1. The predicted octanol–water partition coefficient (Wildman–Crippen LogP) is 3.81. The van der Waals surface area contributed by atoms with Gasteiger partial charge in [-0.05, 0) is 45.4 Å². The summed E-state index contributed by atoms with van der Waals surface area (Å²) in [7, 11) is 1.45. The van der Waals surface area contributed by atoms with Crippen molar-refractivity contribution in [1.29, 1.82) is 0 Å². The Labute approximate surface area is 165 Å². The summed E-state index contributed by atoms with van der Waals surface area (Å²) in [6, 6.07) is 12.9. The normalized spacial score (nSPS) is 13.4. The van der Waals surface area contributed by atoms with Gasteiger partial charge in [-0.2, -0.15) is 0 Å². The Morgan fingerprint density at radius 3 is 2.36 bits per heavy atom. The third-order valence-corrected chi connectivity index (χ3v) is 4.03. The third-order valence-electron chi connectivity index (χ3n) is 4.03. The van der Waals surface area contributed by atoms with E-state index in [2.05, 4.69) is 5.32 Å². The molecule has 0 aromatic heterocycles. The molecular formula is C22H27NO5. The lowest BCUT2D eigenvalue weighted by molar-refractivity contribution is 0.0407. The van der Waals surface area contributed by atoms with E-state index in [1.807, 2.05) is 13.0 Å². The number of aliphatic hydroxyl groups excluding tert-OH is 1. The van der Waals surface area contributed by atoms with Crippen LogP contribution in [0.3, 0.4) is 0 Å². The molecule has 6 nitrogen and oxygen atoms in total. The molecule has 150 valence electrons. The van der Waals surface area contributed by atoms with Gasteiger partial charge in [0, 0.05) is 0 Å². The molecule has 0 unspecified atom stereocenters. The molecule has 2 atom stereocenters. The Morgan fingerprint density at radius 2 is 1.75 bits per heavy atom. The lowest BCUT2D eigenvalue weighted by atomic mass is 9.93. The molecule has 28 heavy (non-hydrogen) atoms. The SMILES string of the molecule is COc1ccccc1C(=O)[C@H](O)[C@@H](NC(=O)OC(C)(C)C)c1cccc(C)c1. The molecule has 0 fully saturated rings. The molecule has 0 bridgehead atoms. The first-order chi connectivity index (χ1) is 13.1. The van der Waals surface area contributed by atoms with Gasteiger partial charge in [-0.1, -0.05) is 42.0 Å². The van der Waals surface area contributed by atoms with Gasteiger partial charge in [0.15, 0.2) is 5.78 Å². The number of alkyl carbamates (subject to hydrolysis) is 1. The van der Waals surface area contributed by atoms with Gasteiger partial charge in [0.1, 0.15) is 17.5 Å². The molecule has 0 heterocycles. The first-order valence-corrected chi connectivity index (χ1v) is 9.04. The van der Waals surface area contributed by atoms with Crippen molar-refractivity contribution in [1.82, 2.24) is 5.32 Å². The van der Waals surface area contributed by atoms with Crippen molar-refractivity contribution in [2.75, 3.05) is 7.11 Å². The van der Waals surface area contributed by atoms with Gasteiger partial charge in [-0.25, -0.2) is 4.79 Å². The fourth-order valence-corrected chi connectivity index (χ4v) is 2.80. The molecule has 0 aliphatic rings. The zero-order valence-corrected chi connectivity index (χ0v) is 16.9. The molecule has 2 rings (SSSR count). The second kappa shape index (κ2) is 8.89. The summed E-state index contributed by atoms with van der Waals surface area (Å²) in [5.41, 5.74) is 1.06. The number of carbonyl (C=O) groups excluding carboxylic acids is 2. The molecule has 2 aromatic carbocycles. The fraction of sp³-hybridized carbons (Fsp3) is 0.364. The van der Waals surface area contributed by atoms with Gasteiger partial charge >= 0.3 is 6.09 Å². The number of hydrogen-bond acceptors (Lipinski definition) is 5. The van der Waals surface area contributed by atoms with Crippen LogP contribution in [0.15, 0.2) is 48.5 Å². The van der Waals surface area contributed by atoms with E-state index in [-0.39, 0.29) is 5.56 Å². The lowest BCUT2D eigenvalue weighted by Gasteiger charge is -2.27. The van der Waals surface area contributed by atoms with Crippen LogP contribution in [-0.4, -0.2) is 35.8 Å². The number of aryl methyl sites for hydroxylation is 1. The lowest BCUT2D eigenvalue weighted by Crippen LogP contribution is -2.42. The summed E-state index contributed by atoms with van der Waals surface area (Å²) in [5.74, 6) is -0.202. The van der Waals surface area contributed by atoms with Gasteiger partial charge in [-0.3, -0.25) is 4.79 Å². The van der Waals surface area contributed by atoms with E-state index in [0.29, 0.717) is 11.3 Å². The molecule has 0 saturated carbocycles. The molecule has 0 aliphatic heterocycles. The van der Waals surface area contributed by atoms with Gasteiger partial charge in [0.25, 0.3) is 0 Å². The molecule has 0 radical (unpaired) electrons. The maximum atomic E-state index is 13.0. The minimum atomic E-state index is -1.52. The van der Waals surface area contributed by atoms with E-state index in [1.165, 1.54) is 7.11 Å². The van der Waals surface area contributed by atoms with E-state index in [0.717, 1.165) is 5.56 Å². The maximum Gasteiger partial charge on any atom is 0.408 e. The number of hydrogen-bond donors (Lipinski definition) is 2. The van der Waals surface area contributed by atoms with Crippen LogP contribution >= 0.6 is 0 Å². The Kier molecular flexibility index (Phi) is 6.80.